The highest BCUT2D eigenvalue weighted by Crippen LogP contribution is 2.36. The summed E-state index contributed by atoms with van der Waals surface area (Å²) in [5.41, 5.74) is 2.85. The Bertz CT molecular complexity index is 1050. The standard InChI is InChI=1S/C21H18ClN3OS/c1-13(15-8-2-3-9-16(15)22)23-19(26)12-27-21-24-17-10-4-6-14-7-5-11-18(25-21)20(14)17/h2-11,13H,12H2,1H3,(H,23,26)(H,24,25)/t13-/m1/s1. The Kier molecular flexibility index (Phi) is 5.05. The Hall–Kier alpha value is -2.50. The van der Waals surface area contributed by atoms with Gasteiger partial charge in [0.1, 0.15) is 0 Å². The summed E-state index contributed by atoms with van der Waals surface area (Å²) in [5.74, 6) is 0.215. The van der Waals surface area contributed by atoms with Crippen LogP contribution in [0.5, 0.6) is 0 Å². The molecule has 3 aromatic carbocycles. The number of thioether (sulfide) groups is 1. The average molecular weight is 396 g/mol. The van der Waals surface area contributed by atoms with Gasteiger partial charge in [0.25, 0.3) is 0 Å². The van der Waals surface area contributed by atoms with Gasteiger partial charge in [0, 0.05) is 10.4 Å². The van der Waals surface area contributed by atoms with E-state index in [4.69, 9.17) is 11.6 Å². The molecule has 3 aromatic rings. The smallest absolute Gasteiger partial charge is 0.230 e. The van der Waals surface area contributed by atoms with Gasteiger partial charge in [0.2, 0.25) is 5.91 Å². The molecule has 4 rings (SSSR count). The molecular formula is C21H18ClN3OS. The first-order valence-electron chi connectivity index (χ1n) is 8.66. The zero-order valence-electron chi connectivity index (χ0n) is 14.7. The molecule has 0 bridgehead atoms. The maximum absolute atomic E-state index is 12.4. The van der Waals surface area contributed by atoms with Crippen LogP contribution in [0.1, 0.15) is 18.5 Å². The van der Waals surface area contributed by atoms with Crippen molar-refractivity contribution in [3.8, 4) is 0 Å². The number of halogens is 1. The molecule has 0 radical (unpaired) electrons. The second-order valence-electron chi connectivity index (χ2n) is 6.32. The first-order valence-corrected chi connectivity index (χ1v) is 10.0. The molecule has 4 nitrogen and oxygen atoms in total. The van der Waals surface area contributed by atoms with E-state index in [0.29, 0.717) is 5.02 Å². The van der Waals surface area contributed by atoms with Gasteiger partial charge in [0.05, 0.1) is 23.2 Å². The lowest BCUT2D eigenvalue weighted by atomic mass is 10.1. The fourth-order valence-electron chi connectivity index (χ4n) is 3.16. The number of hydrogen-bond acceptors (Lipinski definition) is 4. The van der Waals surface area contributed by atoms with Gasteiger partial charge in [-0.15, -0.1) is 0 Å². The van der Waals surface area contributed by atoms with Crippen molar-refractivity contribution in [2.75, 3.05) is 11.1 Å². The van der Waals surface area contributed by atoms with Gasteiger partial charge in [0.15, 0.2) is 5.17 Å². The van der Waals surface area contributed by atoms with Crippen LogP contribution in [-0.2, 0) is 4.79 Å². The van der Waals surface area contributed by atoms with Gasteiger partial charge in [-0.1, -0.05) is 65.8 Å². The highest BCUT2D eigenvalue weighted by Gasteiger charge is 2.17. The fourth-order valence-corrected chi connectivity index (χ4v) is 4.16. The van der Waals surface area contributed by atoms with E-state index in [1.54, 1.807) is 0 Å². The first kappa shape index (κ1) is 17.9. The van der Waals surface area contributed by atoms with Crippen molar-refractivity contribution >= 4 is 56.6 Å². The molecule has 0 spiro atoms. The number of carbonyl (C=O) groups excluding carboxylic acids is 1. The van der Waals surface area contributed by atoms with Crippen LogP contribution in [0.15, 0.2) is 65.7 Å². The Labute approximate surface area is 167 Å². The number of benzene rings is 3. The van der Waals surface area contributed by atoms with Crippen LogP contribution < -0.4 is 10.6 Å². The molecule has 0 aliphatic carbocycles. The Balaban J connectivity index is 1.42. The molecule has 136 valence electrons. The maximum Gasteiger partial charge on any atom is 0.230 e. The minimum absolute atomic E-state index is 0.0611. The van der Waals surface area contributed by atoms with E-state index in [-0.39, 0.29) is 17.7 Å². The Morgan fingerprint density at radius 2 is 1.93 bits per heavy atom. The summed E-state index contributed by atoms with van der Waals surface area (Å²) in [6.07, 6.45) is 0. The molecule has 1 aliphatic heterocycles. The van der Waals surface area contributed by atoms with E-state index < -0.39 is 0 Å². The molecule has 2 N–H and O–H groups in total. The molecule has 1 amide bonds. The minimum Gasteiger partial charge on any atom is -0.349 e. The van der Waals surface area contributed by atoms with Crippen LogP contribution in [0.3, 0.4) is 0 Å². The number of anilines is 1. The predicted octanol–water partition coefficient (Wildman–Crippen LogP) is 5.52. The normalized spacial score (nSPS) is 13.6. The predicted molar refractivity (Wildman–Crippen MR) is 115 cm³/mol. The third-order valence-corrected chi connectivity index (χ3v) is 5.65. The van der Waals surface area contributed by atoms with E-state index >= 15 is 0 Å². The van der Waals surface area contributed by atoms with Crippen molar-refractivity contribution in [3.63, 3.8) is 0 Å². The van der Waals surface area contributed by atoms with Crippen LogP contribution in [0.25, 0.3) is 10.8 Å². The summed E-state index contributed by atoms with van der Waals surface area (Å²) in [6.45, 7) is 1.93. The largest absolute Gasteiger partial charge is 0.349 e. The van der Waals surface area contributed by atoms with Crippen LogP contribution in [0, 0.1) is 0 Å². The van der Waals surface area contributed by atoms with Gasteiger partial charge in [-0.25, -0.2) is 4.99 Å². The number of hydrogen-bond donors (Lipinski definition) is 2. The molecule has 0 saturated heterocycles. The van der Waals surface area contributed by atoms with Crippen LogP contribution in [-0.4, -0.2) is 16.8 Å². The number of rotatable bonds is 4. The number of aliphatic imine (C=N–C) groups is 1. The molecule has 6 heteroatoms. The number of nitrogens with one attached hydrogen (secondary N) is 2. The van der Waals surface area contributed by atoms with Gasteiger partial charge in [-0.2, -0.15) is 0 Å². The molecule has 1 heterocycles. The van der Waals surface area contributed by atoms with E-state index in [1.807, 2.05) is 55.5 Å². The number of carbonyl (C=O) groups is 1. The molecule has 1 atom stereocenters. The van der Waals surface area contributed by atoms with Crippen molar-refractivity contribution in [1.29, 1.82) is 0 Å². The van der Waals surface area contributed by atoms with E-state index in [9.17, 15) is 4.79 Å². The van der Waals surface area contributed by atoms with Crippen LogP contribution in [0.2, 0.25) is 5.02 Å². The summed E-state index contributed by atoms with van der Waals surface area (Å²) in [6, 6.07) is 19.6. The monoisotopic (exact) mass is 395 g/mol. The molecule has 0 fully saturated rings. The van der Waals surface area contributed by atoms with E-state index in [1.165, 1.54) is 11.8 Å². The molecule has 27 heavy (non-hydrogen) atoms. The summed E-state index contributed by atoms with van der Waals surface area (Å²) in [7, 11) is 0. The number of amides is 1. The summed E-state index contributed by atoms with van der Waals surface area (Å²) < 4.78 is 0. The molecular weight excluding hydrogens is 378 g/mol. The molecule has 0 unspecified atom stereocenters. The van der Waals surface area contributed by atoms with Crippen molar-refractivity contribution in [3.05, 3.63) is 71.2 Å². The fraction of sp³-hybridized carbons (Fsp3) is 0.143. The van der Waals surface area contributed by atoms with E-state index in [2.05, 4.69) is 27.8 Å². The first-order chi connectivity index (χ1) is 13.1. The highest BCUT2D eigenvalue weighted by atomic mass is 35.5. The zero-order chi connectivity index (χ0) is 18.8. The van der Waals surface area contributed by atoms with Crippen molar-refractivity contribution in [2.24, 2.45) is 4.99 Å². The van der Waals surface area contributed by atoms with Crippen molar-refractivity contribution < 1.29 is 4.79 Å². The maximum atomic E-state index is 12.4. The number of nitrogens with zero attached hydrogens (tertiary/aromatic N) is 1. The van der Waals surface area contributed by atoms with Gasteiger partial charge in [-0.05, 0) is 36.1 Å². The van der Waals surface area contributed by atoms with Crippen molar-refractivity contribution in [2.45, 2.75) is 13.0 Å². The molecule has 0 saturated carbocycles. The van der Waals surface area contributed by atoms with Crippen LogP contribution >= 0.6 is 23.4 Å². The Morgan fingerprint density at radius 3 is 2.74 bits per heavy atom. The lowest BCUT2D eigenvalue weighted by Gasteiger charge is -2.19. The summed E-state index contributed by atoms with van der Waals surface area (Å²) in [4.78, 5) is 17.0. The highest BCUT2D eigenvalue weighted by molar-refractivity contribution is 8.14. The van der Waals surface area contributed by atoms with Gasteiger partial charge < -0.3 is 10.6 Å². The van der Waals surface area contributed by atoms with E-state index in [0.717, 1.165) is 32.9 Å². The summed E-state index contributed by atoms with van der Waals surface area (Å²) >= 11 is 7.59. The van der Waals surface area contributed by atoms with Crippen molar-refractivity contribution in [1.82, 2.24) is 5.32 Å². The SMILES string of the molecule is C[C@@H](NC(=O)CSC1=Nc2cccc3cccc(c23)N1)c1ccccc1Cl. The lowest BCUT2D eigenvalue weighted by Crippen LogP contribution is -2.29. The second-order valence-corrected chi connectivity index (χ2v) is 7.69. The minimum atomic E-state index is -0.150. The molecule has 1 aliphatic rings. The van der Waals surface area contributed by atoms with Gasteiger partial charge in [-0.3, -0.25) is 4.79 Å². The molecule has 0 aromatic heterocycles. The lowest BCUT2D eigenvalue weighted by molar-refractivity contribution is -0.119. The topological polar surface area (TPSA) is 53.5 Å². The Morgan fingerprint density at radius 1 is 1.15 bits per heavy atom. The quantitative estimate of drug-likeness (QED) is 0.611. The second kappa shape index (κ2) is 7.62. The summed E-state index contributed by atoms with van der Waals surface area (Å²) in [5, 5.41) is 9.95. The average Bonchev–Trinajstić information content (AvgIpc) is 2.67. The third-order valence-electron chi connectivity index (χ3n) is 4.44. The zero-order valence-corrected chi connectivity index (χ0v) is 16.3. The van der Waals surface area contributed by atoms with Crippen LogP contribution in [0.4, 0.5) is 11.4 Å². The number of amidine groups is 1. The third kappa shape index (κ3) is 3.80. The van der Waals surface area contributed by atoms with Gasteiger partial charge >= 0.3 is 0 Å².